The molecule has 2 atom stereocenters. The fourth-order valence-electron chi connectivity index (χ4n) is 2.78. The summed E-state index contributed by atoms with van der Waals surface area (Å²) >= 11 is 0. The largest absolute Gasteiger partial charge is 0.262 e. The molecule has 2 heteroatoms. The molecule has 2 aromatic carbocycles. The molecule has 0 unspecified atom stereocenters. The molecule has 2 nitrogen and oxygen atoms in total. The van der Waals surface area contributed by atoms with Crippen molar-refractivity contribution >= 4 is 5.71 Å². The molecule has 1 aliphatic carbocycles. The van der Waals surface area contributed by atoms with Crippen LogP contribution >= 0.6 is 0 Å². The molecule has 0 aliphatic heterocycles. The number of hydrogen-bond donors (Lipinski definition) is 0. The Balaban J connectivity index is 2.09. The smallest absolute Gasteiger partial charge is 0.150 e. The topological polar surface area (TPSA) is 36.1 Å². The predicted octanol–water partition coefficient (Wildman–Crippen LogP) is 4.22. The maximum Gasteiger partial charge on any atom is 0.150 e. The van der Waals surface area contributed by atoms with E-state index in [0.29, 0.717) is 5.92 Å². The van der Waals surface area contributed by atoms with Gasteiger partial charge in [0.1, 0.15) is 0 Å². The van der Waals surface area contributed by atoms with Gasteiger partial charge in [-0.15, -0.1) is 0 Å². The molecule has 0 radical (unpaired) electrons. The van der Waals surface area contributed by atoms with Gasteiger partial charge < -0.3 is 0 Å². The number of rotatable bonds is 4. The molecular formula is C19H18N2. The van der Waals surface area contributed by atoms with Gasteiger partial charge in [0, 0.05) is 17.0 Å². The van der Waals surface area contributed by atoms with E-state index >= 15 is 0 Å². The Bertz CT molecular complexity index is 641. The first-order chi connectivity index (χ1) is 10.3. The molecular weight excluding hydrogens is 256 g/mol. The monoisotopic (exact) mass is 274 g/mol. The average molecular weight is 274 g/mol. The van der Waals surface area contributed by atoms with Crippen LogP contribution in [-0.2, 0) is 0 Å². The molecule has 0 heterocycles. The van der Waals surface area contributed by atoms with Crippen molar-refractivity contribution in [3.63, 3.8) is 0 Å². The van der Waals surface area contributed by atoms with Crippen molar-refractivity contribution in [1.82, 2.24) is 0 Å². The Kier molecular flexibility index (Phi) is 3.58. The maximum atomic E-state index is 9.54. The highest BCUT2D eigenvalue weighted by Gasteiger charge is 2.54. The predicted molar refractivity (Wildman–Crippen MR) is 85.3 cm³/mol. The van der Waals surface area contributed by atoms with Crippen LogP contribution in [0.4, 0.5) is 0 Å². The maximum absolute atomic E-state index is 9.54. The Labute approximate surface area is 125 Å². The molecule has 0 spiro atoms. The molecule has 104 valence electrons. The summed E-state index contributed by atoms with van der Waals surface area (Å²) in [6.07, 6.45) is 1.89. The minimum Gasteiger partial charge on any atom is -0.262 e. The van der Waals surface area contributed by atoms with Gasteiger partial charge in [0.25, 0.3) is 0 Å². The Hall–Kier alpha value is -2.40. The first-order valence-electron chi connectivity index (χ1n) is 7.41. The molecule has 0 N–H and O–H groups in total. The molecule has 1 saturated carbocycles. The van der Waals surface area contributed by atoms with Gasteiger partial charge in [-0.3, -0.25) is 4.99 Å². The van der Waals surface area contributed by atoms with Gasteiger partial charge >= 0.3 is 0 Å². The lowest BCUT2D eigenvalue weighted by Gasteiger charge is -2.10. The standard InChI is InChI=1S/C19H18N2/c1-2-17-13-19(17,14-20)21-18(15-9-5-3-6-10-15)16-11-7-4-8-12-16/h3-12,17H,2,13H2,1H3/t17-,19-/m0/s1. The van der Waals surface area contributed by atoms with Crippen molar-refractivity contribution < 1.29 is 0 Å². The third kappa shape index (κ3) is 2.60. The lowest BCUT2D eigenvalue weighted by atomic mass is 10.0. The Morgan fingerprint density at radius 1 is 1.10 bits per heavy atom. The van der Waals surface area contributed by atoms with Crippen LogP contribution in [0, 0.1) is 17.2 Å². The SMILES string of the molecule is CC[C@H]1C[C@@]1(C#N)N=C(c1ccccc1)c1ccccc1. The number of hydrogen-bond acceptors (Lipinski definition) is 2. The first-order valence-corrected chi connectivity index (χ1v) is 7.41. The molecule has 1 aliphatic rings. The lowest BCUT2D eigenvalue weighted by molar-refractivity contribution is 0.693. The van der Waals surface area contributed by atoms with E-state index < -0.39 is 5.54 Å². The van der Waals surface area contributed by atoms with E-state index in [0.717, 1.165) is 29.7 Å². The van der Waals surface area contributed by atoms with Gasteiger partial charge in [-0.1, -0.05) is 67.6 Å². The van der Waals surface area contributed by atoms with Crippen LogP contribution in [0.1, 0.15) is 30.9 Å². The molecule has 3 rings (SSSR count). The molecule has 1 fully saturated rings. The second-order valence-electron chi connectivity index (χ2n) is 5.54. The van der Waals surface area contributed by atoms with E-state index in [1.165, 1.54) is 0 Å². The highest BCUT2D eigenvalue weighted by Crippen LogP contribution is 2.49. The van der Waals surface area contributed by atoms with Crippen LogP contribution in [0.25, 0.3) is 0 Å². The van der Waals surface area contributed by atoms with Crippen molar-refractivity contribution in [2.45, 2.75) is 25.3 Å². The summed E-state index contributed by atoms with van der Waals surface area (Å²) in [5.74, 6) is 0.393. The van der Waals surface area contributed by atoms with Crippen LogP contribution < -0.4 is 0 Å². The quantitative estimate of drug-likeness (QED) is 0.769. The van der Waals surface area contributed by atoms with Crippen LogP contribution in [0.5, 0.6) is 0 Å². The van der Waals surface area contributed by atoms with Crippen molar-refractivity contribution in [2.24, 2.45) is 10.9 Å². The summed E-state index contributed by atoms with van der Waals surface area (Å²) in [4.78, 5) is 4.89. The van der Waals surface area contributed by atoms with Crippen molar-refractivity contribution in [3.05, 3.63) is 71.8 Å². The van der Waals surface area contributed by atoms with Crippen LogP contribution in [0.15, 0.2) is 65.7 Å². The third-order valence-corrected chi connectivity index (χ3v) is 4.17. The van der Waals surface area contributed by atoms with Gasteiger partial charge in [0.05, 0.1) is 11.8 Å². The summed E-state index contributed by atoms with van der Waals surface area (Å²) in [6, 6.07) is 22.7. The second-order valence-corrected chi connectivity index (χ2v) is 5.54. The van der Waals surface area contributed by atoms with E-state index in [4.69, 9.17) is 4.99 Å². The Morgan fingerprint density at radius 2 is 1.62 bits per heavy atom. The zero-order valence-corrected chi connectivity index (χ0v) is 12.2. The molecule has 0 amide bonds. The summed E-state index contributed by atoms with van der Waals surface area (Å²) in [7, 11) is 0. The van der Waals surface area contributed by atoms with Crippen LogP contribution in [0.2, 0.25) is 0 Å². The minimum absolute atomic E-state index is 0.393. The highest BCUT2D eigenvalue weighted by molar-refractivity contribution is 6.13. The van der Waals surface area contributed by atoms with Crippen LogP contribution in [0.3, 0.4) is 0 Å². The zero-order valence-electron chi connectivity index (χ0n) is 12.2. The van der Waals surface area contributed by atoms with E-state index in [9.17, 15) is 5.26 Å². The van der Waals surface area contributed by atoms with E-state index in [-0.39, 0.29) is 0 Å². The number of benzene rings is 2. The summed E-state index contributed by atoms with van der Waals surface area (Å²) in [5.41, 5.74) is 2.55. The highest BCUT2D eigenvalue weighted by atomic mass is 15.0. The fourth-order valence-corrected chi connectivity index (χ4v) is 2.78. The van der Waals surface area contributed by atoms with Gasteiger partial charge in [0.15, 0.2) is 5.54 Å². The van der Waals surface area contributed by atoms with E-state index in [1.54, 1.807) is 0 Å². The molecule has 0 bridgehead atoms. The lowest BCUT2D eigenvalue weighted by Crippen LogP contribution is -2.13. The number of nitrogens with zero attached hydrogens (tertiary/aromatic N) is 2. The molecule has 0 saturated heterocycles. The fraction of sp³-hybridized carbons (Fsp3) is 0.263. The van der Waals surface area contributed by atoms with E-state index in [2.05, 4.69) is 37.3 Å². The van der Waals surface area contributed by atoms with Gasteiger partial charge in [0.2, 0.25) is 0 Å². The van der Waals surface area contributed by atoms with Gasteiger partial charge in [-0.25, -0.2) is 0 Å². The van der Waals surface area contributed by atoms with Crippen LogP contribution in [-0.4, -0.2) is 11.3 Å². The van der Waals surface area contributed by atoms with Crippen molar-refractivity contribution in [2.75, 3.05) is 0 Å². The molecule has 2 aromatic rings. The van der Waals surface area contributed by atoms with E-state index in [1.807, 2.05) is 36.4 Å². The summed E-state index contributed by atoms with van der Waals surface area (Å²) in [6.45, 7) is 2.13. The normalized spacial score (nSPS) is 23.1. The molecule has 0 aromatic heterocycles. The second kappa shape index (κ2) is 5.54. The number of nitriles is 1. The summed E-state index contributed by atoms with van der Waals surface area (Å²) < 4.78 is 0. The minimum atomic E-state index is -0.518. The summed E-state index contributed by atoms with van der Waals surface area (Å²) in [5, 5.41) is 9.54. The first kappa shape index (κ1) is 13.6. The van der Waals surface area contributed by atoms with Crippen molar-refractivity contribution in [1.29, 1.82) is 5.26 Å². The van der Waals surface area contributed by atoms with Gasteiger partial charge in [-0.05, 0) is 12.8 Å². The van der Waals surface area contributed by atoms with Crippen molar-refractivity contribution in [3.8, 4) is 6.07 Å². The molecule has 21 heavy (non-hydrogen) atoms. The Morgan fingerprint density at radius 3 is 2.00 bits per heavy atom. The number of aliphatic imine (C=N–C) groups is 1. The average Bonchev–Trinajstić information content (AvgIpc) is 3.28. The third-order valence-electron chi connectivity index (χ3n) is 4.17. The zero-order chi connectivity index (χ0) is 14.7. The van der Waals surface area contributed by atoms with Gasteiger partial charge in [-0.2, -0.15) is 5.26 Å².